The van der Waals surface area contributed by atoms with Gasteiger partial charge in [-0.25, -0.2) is 4.79 Å². The van der Waals surface area contributed by atoms with E-state index in [2.05, 4.69) is 20.4 Å². The van der Waals surface area contributed by atoms with Gasteiger partial charge in [-0.05, 0) is 36.2 Å². The van der Waals surface area contributed by atoms with Crippen molar-refractivity contribution in [2.45, 2.75) is 25.3 Å². The SMILES string of the molecule is O=C1CCC(n2c(=O)oc3ccc(Cc4nc(-c5ccncc5)no4)cc32)C(=O)N1. The van der Waals surface area contributed by atoms with Gasteiger partial charge in [-0.3, -0.25) is 24.5 Å². The molecule has 0 bridgehead atoms. The summed E-state index contributed by atoms with van der Waals surface area (Å²) < 4.78 is 11.9. The number of hydrogen-bond acceptors (Lipinski definition) is 8. The minimum atomic E-state index is -0.798. The summed E-state index contributed by atoms with van der Waals surface area (Å²) in [4.78, 5) is 44.4. The molecule has 1 N–H and O–H groups in total. The highest BCUT2D eigenvalue weighted by atomic mass is 16.5. The van der Waals surface area contributed by atoms with E-state index < -0.39 is 17.7 Å². The van der Waals surface area contributed by atoms with Crippen LogP contribution < -0.4 is 11.1 Å². The quantitative estimate of drug-likeness (QED) is 0.506. The second kappa shape index (κ2) is 7.07. The highest BCUT2D eigenvalue weighted by Crippen LogP contribution is 2.25. The average molecular weight is 405 g/mol. The van der Waals surface area contributed by atoms with Crippen LogP contribution in [0.3, 0.4) is 0 Å². The lowest BCUT2D eigenvalue weighted by atomic mass is 10.1. The van der Waals surface area contributed by atoms with Crippen LogP contribution in [0.4, 0.5) is 0 Å². The number of fused-ring (bicyclic) bond motifs is 1. The molecular formula is C20H15N5O5. The molecule has 3 aromatic heterocycles. The summed E-state index contributed by atoms with van der Waals surface area (Å²) in [5, 5.41) is 6.25. The molecule has 5 rings (SSSR count). The van der Waals surface area contributed by atoms with E-state index in [0.29, 0.717) is 29.2 Å². The van der Waals surface area contributed by atoms with Crippen molar-refractivity contribution in [3.05, 3.63) is 64.7 Å². The second-order valence-electron chi connectivity index (χ2n) is 6.93. The third-order valence-electron chi connectivity index (χ3n) is 4.96. The zero-order chi connectivity index (χ0) is 20.7. The predicted molar refractivity (Wildman–Crippen MR) is 102 cm³/mol. The summed E-state index contributed by atoms with van der Waals surface area (Å²) in [5.74, 6) is -0.647. The summed E-state index contributed by atoms with van der Waals surface area (Å²) in [6.07, 6.45) is 4.03. The van der Waals surface area contributed by atoms with Gasteiger partial charge in [0, 0.05) is 24.4 Å². The van der Waals surface area contributed by atoms with E-state index in [1.165, 1.54) is 4.57 Å². The molecule has 30 heavy (non-hydrogen) atoms. The number of carbonyl (C=O) groups excluding carboxylic acids is 2. The number of hydrogen-bond donors (Lipinski definition) is 1. The van der Waals surface area contributed by atoms with Gasteiger partial charge in [-0.1, -0.05) is 11.2 Å². The summed E-state index contributed by atoms with van der Waals surface area (Å²) in [6, 6.07) is 7.97. The normalized spacial score (nSPS) is 16.7. The molecule has 0 spiro atoms. The minimum absolute atomic E-state index is 0.162. The number of piperidine rings is 1. The molecule has 10 heteroatoms. The Morgan fingerprint density at radius 3 is 2.77 bits per heavy atom. The van der Waals surface area contributed by atoms with Crippen LogP contribution in [-0.2, 0) is 16.0 Å². The van der Waals surface area contributed by atoms with Gasteiger partial charge >= 0.3 is 5.76 Å². The van der Waals surface area contributed by atoms with Crippen LogP contribution in [0.5, 0.6) is 0 Å². The van der Waals surface area contributed by atoms with Crippen LogP contribution in [0.2, 0.25) is 0 Å². The molecule has 1 aliphatic heterocycles. The number of amides is 2. The van der Waals surface area contributed by atoms with Crippen LogP contribution in [0.1, 0.15) is 30.3 Å². The first kappa shape index (κ1) is 18.0. The Hall–Kier alpha value is -4.08. The van der Waals surface area contributed by atoms with Gasteiger partial charge in [-0.2, -0.15) is 4.98 Å². The van der Waals surface area contributed by atoms with Crippen molar-refractivity contribution in [2.75, 3.05) is 0 Å². The maximum atomic E-state index is 12.4. The molecule has 150 valence electrons. The number of carbonyl (C=O) groups is 2. The van der Waals surface area contributed by atoms with Crippen LogP contribution in [0.25, 0.3) is 22.5 Å². The van der Waals surface area contributed by atoms with E-state index in [-0.39, 0.29) is 18.7 Å². The smallest absolute Gasteiger partial charge is 0.408 e. The van der Waals surface area contributed by atoms with Crippen molar-refractivity contribution in [1.82, 2.24) is 25.0 Å². The summed E-state index contributed by atoms with van der Waals surface area (Å²) >= 11 is 0. The van der Waals surface area contributed by atoms with E-state index in [1.807, 2.05) is 0 Å². The Bertz CT molecular complexity index is 1320. The molecule has 4 aromatic rings. The molecule has 1 fully saturated rings. The lowest BCUT2D eigenvalue weighted by Crippen LogP contribution is -2.43. The maximum absolute atomic E-state index is 12.4. The molecule has 1 saturated heterocycles. The predicted octanol–water partition coefficient (Wildman–Crippen LogP) is 1.61. The van der Waals surface area contributed by atoms with Crippen molar-refractivity contribution in [3.63, 3.8) is 0 Å². The van der Waals surface area contributed by atoms with E-state index >= 15 is 0 Å². The van der Waals surface area contributed by atoms with Gasteiger partial charge in [0.15, 0.2) is 5.58 Å². The van der Waals surface area contributed by atoms with Crippen molar-refractivity contribution in [3.8, 4) is 11.4 Å². The highest BCUT2D eigenvalue weighted by molar-refractivity contribution is 6.00. The fraction of sp³-hybridized carbons (Fsp3) is 0.200. The summed E-state index contributed by atoms with van der Waals surface area (Å²) in [7, 11) is 0. The Morgan fingerprint density at radius 1 is 1.13 bits per heavy atom. The Morgan fingerprint density at radius 2 is 1.97 bits per heavy atom. The lowest BCUT2D eigenvalue weighted by Gasteiger charge is -2.21. The number of imide groups is 1. The Labute approximate surface area is 168 Å². The molecule has 0 radical (unpaired) electrons. The molecule has 0 saturated carbocycles. The van der Waals surface area contributed by atoms with Crippen molar-refractivity contribution < 1.29 is 18.5 Å². The van der Waals surface area contributed by atoms with Crippen LogP contribution in [0, 0.1) is 0 Å². The van der Waals surface area contributed by atoms with E-state index in [9.17, 15) is 14.4 Å². The zero-order valence-electron chi connectivity index (χ0n) is 15.6. The largest absolute Gasteiger partial charge is 0.420 e. The van der Waals surface area contributed by atoms with Gasteiger partial charge in [0.1, 0.15) is 6.04 Å². The molecule has 1 atom stereocenters. The van der Waals surface area contributed by atoms with Gasteiger partial charge < -0.3 is 8.94 Å². The number of nitrogens with one attached hydrogen (secondary N) is 1. The molecule has 1 aliphatic rings. The molecule has 4 heterocycles. The number of nitrogens with zero attached hydrogens (tertiary/aromatic N) is 4. The first-order valence-corrected chi connectivity index (χ1v) is 9.29. The molecule has 10 nitrogen and oxygen atoms in total. The van der Waals surface area contributed by atoms with Crippen molar-refractivity contribution in [2.24, 2.45) is 0 Å². The third-order valence-corrected chi connectivity index (χ3v) is 4.96. The van der Waals surface area contributed by atoms with Gasteiger partial charge in [0.2, 0.25) is 23.5 Å². The van der Waals surface area contributed by atoms with Crippen molar-refractivity contribution >= 4 is 22.9 Å². The summed E-state index contributed by atoms with van der Waals surface area (Å²) in [5.41, 5.74) is 2.42. The van der Waals surface area contributed by atoms with E-state index in [0.717, 1.165) is 11.1 Å². The van der Waals surface area contributed by atoms with Gasteiger partial charge in [0.25, 0.3) is 0 Å². The monoisotopic (exact) mass is 405 g/mol. The highest BCUT2D eigenvalue weighted by Gasteiger charge is 2.31. The number of benzene rings is 1. The fourth-order valence-corrected chi connectivity index (χ4v) is 3.53. The van der Waals surface area contributed by atoms with E-state index in [4.69, 9.17) is 8.94 Å². The number of oxazole rings is 1. The Kier molecular flexibility index (Phi) is 4.24. The number of pyridine rings is 1. The molecule has 2 amide bonds. The Balaban J connectivity index is 1.47. The first-order valence-electron chi connectivity index (χ1n) is 9.29. The first-order chi connectivity index (χ1) is 14.6. The van der Waals surface area contributed by atoms with E-state index in [1.54, 1.807) is 42.7 Å². The number of aromatic nitrogens is 4. The standard InChI is InChI=1S/C20H15N5O5/c26-16-4-2-13(19(27)22-16)25-14-9-11(1-3-15(14)29-20(25)28)10-17-23-18(24-30-17)12-5-7-21-8-6-12/h1,3,5-9,13H,2,4,10H2,(H,22,26,27). The summed E-state index contributed by atoms with van der Waals surface area (Å²) in [6.45, 7) is 0. The lowest BCUT2D eigenvalue weighted by molar-refractivity contribution is -0.135. The molecule has 1 unspecified atom stereocenters. The van der Waals surface area contributed by atoms with Crippen LogP contribution in [-0.4, -0.2) is 31.5 Å². The third kappa shape index (κ3) is 3.17. The fourth-order valence-electron chi connectivity index (χ4n) is 3.53. The maximum Gasteiger partial charge on any atom is 0.420 e. The van der Waals surface area contributed by atoms with Crippen molar-refractivity contribution in [1.29, 1.82) is 0 Å². The van der Waals surface area contributed by atoms with Gasteiger partial charge in [0.05, 0.1) is 11.9 Å². The molecule has 0 aliphatic carbocycles. The average Bonchev–Trinajstić information content (AvgIpc) is 3.33. The molecular weight excluding hydrogens is 390 g/mol. The van der Waals surface area contributed by atoms with Crippen LogP contribution >= 0.6 is 0 Å². The topological polar surface area (TPSA) is 133 Å². The zero-order valence-corrected chi connectivity index (χ0v) is 15.6. The van der Waals surface area contributed by atoms with Crippen LogP contribution in [0.15, 0.2) is 56.5 Å². The molecule has 1 aromatic carbocycles. The van der Waals surface area contributed by atoms with Gasteiger partial charge in [-0.15, -0.1) is 0 Å². The minimum Gasteiger partial charge on any atom is -0.408 e. The number of rotatable bonds is 4. The second-order valence-corrected chi connectivity index (χ2v) is 6.93.